The predicted molar refractivity (Wildman–Crippen MR) is 83.6 cm³/mol. The second kappa shape index (κ2) is 16.0. The van der Waals surface area contributed by atoms with Gasteiger partial charge in [0, 0.05) is 0 Å². The summed E-state index contributed by atoms with van der Waals surface area (Å²) in [6.07, 6.45) is 16.4. The summed E-state index contributed by atoms with van der Waals surface area (Å²) in [6, 6.07) is 0. The van der Waals surface area contributed by atoms with Gasteiger partial charge >= 0.3 is 0 Å². The van der Waals surface area contributed by atoms with Crippen LogP contribution in [0.15, 0.2) is 0 Å². The molecule has 0 spiro atoms. The number of hydrogen-bond donors (Lipinski definition) is 1. The van der Waals surface area contributed by atoms with E-state index in [1.807, 2.05) is 0 Å². The Kier molecular flexibility index (Phi) is 15.9. The highest BCUT2D eigenvalue weighted by Crippen LogP contribution is 2.14. The summed E-state index contributed by atoms with van der Waals surface area (Å²) in [5.41, 5.74) is 0. The van der Waals surface area contributed by atoms with Crippen molar-refractivity contribution in [1.29, 1.82) is 0 Å². The summed E-state index contributed by atoms with van der Waals surface area (Å²) in [5.74, 6) is 0. The smallest absolute Gasteiger partial charge is 0.0701 e. The second-order valence-electron chi connectivity index (χ2n) is 5.60. The number of aliphatic hydroxyl groups excluding tert-OH is 1. The first-order valence-corrected chi connectivity index (χ1v) is 8.57. The molecule has 0 rings (SSSR count). The summed E-state index contributed by atoms with van der Waals surface area (Å²) in [4.78, 5) is 0. The molecule has 0 saturated heterocycles. The van der Waals surface area contributed by atoms with Crippen LogP contribution < -0.4 is 0 Å². The summed E-state index contributed by atoms with van der Waals surface area (Å²) in [7, 11) is 0. The van der Waals surface area contributed by atoms with Crippen LogP contribution in [-0.4, -0.2) is 24.4 Å². The van der Waals surface area contributed by atoms with E-state index in [0.717, 1.165) is 12.8 Å². The van der Waals surface area contributed by atoms with Crippen LogP contribution >= 0.6 is 0 Å². The number of aliphatic hydroxyl groups is 1. The van der Waals surface area contributed by atoms with Crippen LogP contribution in [0.1, 0.15) is 90.9 Å². The van der Waals surface area contributed by atoms with Crippen molar-refractivity contribution in [3.05, 3.63) is 0 Å². The lowest BCUT2D eigenvalue weighted by Crippen LogP contribution is -2.14. The Balaban J connectivity index is 3.16. The van der Waals surface area contributed by atoms with E-state index in [4.69, 9.17) is 9.84 Å². The highest BCUT2D eigenvalue weighted by Gasteiger charge is 2.05. The molecule has 0 aromatic rings. The van der Waals surface area contributed by atoms with E-state index in [9.17, 15) is 0 Å². The lowest BCUT2D eigenvalue weighted by molar-refractivity contribution is 0.0208. The molecule has 0 aliphatic rings. The lowest BCUT2D eigenvalue weighted by atomic mass is 10.0. The summed E-state index contributed by atoms with van der Waals surface area (Å²) < 4.78 is 5.57. The van der Waals surface area contributed by atoms with Crippen molar-refractivity contribution >= 4 is 0 Å². The fraction of sp³-hybridized carbons (Fsp3) is 1.00. The average Bonchev–Trinajstić information content (AvgIpc) is 2.44. The van der Waals surface area contributed by atoms with Gasteiger partial charge in [-0.05, 0) is 12.8 Å². The van der Waals surface area contributed by atoms with Gasteiger partial charge in [0.2, 0.25) is 0 Å². The number of hydrogen-bond acceptors (Lipinski definition) is 2. The lowest BCUT2D eigenvalue weighted by Gasteiger charge is -2.15. The van der Waals surface area contributed by atoms with Crippen molar-refractivity contribution in [2.45, 2.75) is 97.0 Å². The van der Waals surface area contributed by atoms with Crippen LogP contribution in [0.25, 0.3) is 0 Å². The van der Waals surface area contributed by atoms with Gasteiger partial charge in [0.05, 0.1) is 19.3 Å². The zero-order valence-corrected chi connectivity index (χ0v) is 13.3. The van der Waals surface area contributed by atoms with Gasteiger partial charge in [-0.1, -0.05) is 78.1 Å². The van der Waals surface area contributed by atoms with Gasteiger partial charge in [-0.3, -0.25) is 0 Å². The van der Waals surface area contributed by atoms with E-state index in [0.29, 0.717) is 12.7 Å². The van der Waals surface area contributed by atoms with Gasteiger partial charge in [-0.2, -0.15) is 0 Å². The van der Waals surface area contributed by atoms with Gasteiger partial charge in [-0.15, -0.1) is 0 Å². The molecule has 0 bridgehead atoms. The Morgan fingerprint density at radius 2 is 1.32 bits per heavy atom. The zero-order chi connectivity index (χ0) is 14.2. The molecule has 0 radical (unpaired) electrons. The molecule has 0 aromatic heterocycles. The monoisotopic (exact) mass is 272 g/mol. The van der Waals surface area contributed by atoms with Crippen LogP contribution in [0.4, 0.5) is 0 Å². The topological polar surface area (TPSA) is 29.5 Å². The van der Waals surface area contributed by atoms with Crippen molar-refractivity contribution in [3.63, 3.8) is 0 Å². The minimum absolute atomic E-state index is 0.147. The molecule has 1 N–H and O–H groups in total. The SMILES string of the molecule is CCCCCCCCCCCCC(CC)OCCO. The van der Waals surface area contributed by atoms with Gasteiger partial charge in [0.25, 0.3) is 0 Å². The fourth-order valence-corrected chi connectivity index (χ4v) is 2.48. The zero-order valence-electron chi connectivity index (χ0n) is 13.3. The maximum absolute atomic E-state index is 8.73. The van der Waals surface area contributed by atoms with E-state index in [2.05, 4.69) is 13.8 Å². The van der Waals surface area contributed by atoms with E-state index in [1.165, 1.54) is 64.2 Å². The molecule has 0 aromatic carbocycles. The average molecular weight is 272 g/mol. The summed E-state index contributed by atoms with van der Waals surface area (Å²) in [5, 5.41) is 8.73. The van der Waals surface area contributed by atoms with Crippen LogP contribution in [0.3, 0.4) is 0 Å². The van der Waals surface area contributed by atoms with Crippen molar-refractivity contribution in [2.75, 3.05) is 13.2 Å². The standard InChI is InChI=1S/C17H36O2/c1-3-5-6-7-8-9-10-11-12-13-14-17(4-2)19-16-15-18/h17-18H,3-16H2,1-2H3. The van der Waals surface area contributed by atoms with E-state index in [1.54, 1.807) is 0 Å². The molecule has 2 nitrogen and oxygen atoms in total. The normalized spacial score (nSPS) is 12.8. The van der Waals surface area contributed by atoms with E-state index < -0.39 is 0 Å². The Bertz CT molecular complexity index is 159. The Morgan fingerprint density at radius 1 is 0.789 bits per heavy atom. The number of unbranched alkanes of at least 4 members (excludes halogenated alkanes) is 9. The Morgan fingerprint density at radius 3 is 1.79 bits per heavy atom. The van der Waals surface area contributed by atoms with Gasteiger partial charge in [0.1, 0.15) is 0 Å². The van der Waals surface area contributed by atoms with E-state index in [-0.39, 0.29) is 6.61 Å². The maximum atomic E-state index is 8.73. The first-order valence-electron chi connectivity index (χ1n) is 8.57. The van der Waals surface area contributed by atoms with Crippen molar-refractivity contribution < 1.29 is 9.84 Å². The van der Waals surface area contributed by atoms with Gasteiger partial charge in [-0.25, -0.2) is 0 Å². The summed E-state index contributed by atoms with van der Waals surface area (Å²) >= 11 is 0. The first kappa shape index (κ1) is 18.9. The van der Waals surface area contributed by atoms with Crippen LogP contribution in [0.5, 0.6) is 0 Å². The van der Waals surface area contributed by atoms with Gasteiger partial charge in [0.15, 0.2) is 0 Å². The predicted octanol–water partition coefficient (Wildman–Crippen LogP) is 5.08. The molecule has 1 unspecified atom stereocenters. The molecular weight excluding hydrogens is 236 g/mol. The highest BCUT2D eigenvalue weighted by molar-refractivity contribution is 4.56. The molecule has 0 saturated carbocycles. The van der Waals surface area contributed by atoms with Crippen molar-refractivity contribution in [2.24, 2.45) is 0 Å². The third kappa shape index (κ3) is 14.1. The largest absolute Gasteiger partial charge is 0.394 e. The highest BCUT2D eigenvalue weighted by atomic mass is 16.5. The quantitative estimate of drug-likeness (QED) is 0.421. The second-order valence-corrected chi connectivity index (χ2v) is 5.60. The number of rotatable bonds is 15. The molecule has 0 fully saturated rings. The minimum Gasteiger partial charge on any atom is -0.394 e. The number of ether oxygens (including phenoxy) is 1. The molecule has 19 heavy (non-hydrogen) atoms. The Hall–Kier alpha value is -0.0800. The van der Waals surface area contributed by atoms with Gasteiger partial charge < -0.3 is 9.84 Å². The van der Waals surface area contributed by atoms with Crippen LogP contribution in [0, 0.1) is 0 Å². The molecule has 0 aliphatic heterocycles. The fourth-order valence-electron chi connectivity index (χ4n) is 2.48. The molecule has 0 amide bonds. The van der Waals surface area contributed by atoms with Crippen LogP contribution in [-0.2, 0) is 4.74 Å². The van der Waals surface area contributed by atoms with Crippen molar-refractivity contribution in [1.82, 2.24) is 0 Å². The molecule has 0 aliphatic carbocycles. The molecule has 0 heterocycles. The van der Waals surface area contributed by atoms with Crippen LogP contribution in [0.2, 0.25) is 0 Å². The first-order chi connectivity index (χ1) is 9.35. The Labute approximate surface area is 120 Å². The van der Waals surface area contributed by atoms with Crippen molar-refractivity contribution in [3.8, 4) is 0 Å². The third-order valence-electron chi connectivity index (χ3n) is 3.78. The third-order valence-corrected chi connectivity index (χ3v) is 3.78. The maximum Gasteiger partial charge on any atom is 0.0701 e. The molecular formula is C17H36O2. The molecule has 1 atom stereocenters. The molecule has 116 valence electrons. The summed E-state index contributed by atoms with van der Waals surface area (Å²) in [6.45, 7) is 5.08. The minimum atomic E-state index is 0.147. The van der Waals surface area contributed by atoms with E-state index >= 15 is 0 Å². The molecule has 2 heteroatoms.